The Bertz CT molecular complexity index is 393. The van der Waals surface area contributed by atoms with Crippen molar-refractivity contribution in [3.63, 3.8) is 0 Å². The number of hydrogen-bond donors (Lipinski definition) is 2. The number of nitrogens with one attached hydrogen (secondary N) is 1. The molecule has 1 aromatic rings. The van der Waals surface area contributed by atoms with E-state index >= 15 is 0 Å². The van der Waals surface area contributed by atoms with Crippen molar-refractivity contribution < 1.29 is 0 Å². The Labute approximate surface area is 113 Å². The maximum Gasteiger partial charge on any atom is 0.104 e. The average molecular weight is 272 g/mol. The topological polar surface area (TPSA) is 41.3 Å². The maximum atomic E-state index is 6.13. The summed E-state index contributed by atoms with van der Waals surface area (Å²) in [5.41, 5.74) is 7.25. The minimum absolute atomic E-state index is 0.367. The molecule has 0 aliphatic rings. The van der Waals surface area contributed by atoms with Crippen LogP contribution in [-0.2, 0) is 0 Å². The third-order valence-corrected chi connectivity index (χ3v) is 2.90. The van der Waals surface area contributed by atoms with Gasteiger partial charge in [0, 0.05) is 12.1 Å². The van der Waals surface area contributed by atoms with Crippen LogP contribution in [-0.4, -0.2) is 37.1 Å². The molecule has 1 aromatic carbocycles. The first-order chi connectivity index (χ1) is 8.00. The zero-order chi connectivity index (χ0) is 12.8. The van der Waals surface area contributed by atoms with E-state index in [1.165, 1.54) is 0 Å². The summed E-state index contributed by atoms with van der Waals surface area (Å²) in [4.78, 5) is 2.52. The molecule has 0 saturated carbocycles. The Morgan fingerprint density at radius 3 is 2.71 bits per heavy atom. The summed E-state index contributed by atoms with van der Waals surface area (Å²) in [7, 11) is 4.12. The van der Waals surface area contributed by atoms with Gasteiger partial charge in [-0.15, -0.1) is 0 Å². The molecule has 0 spiro atoms. The molecule has 3 nitrogen and oxygen atoms in total. The van der Waals surface area contributed by atoms with Gasteiger partial charge in [0.05, 0.1) is 10.7 Å². The summed E-state index contributed by atoms with van der Waals surface area (Å²) in [5.74, 6) is 0. The van der Waals surface area contributed by atoms with Gasteiger partial charge in [-0.3, -0.25) is 0 Å². The van der Waals surface area contributed by atoms with Crippen LogP contribution < -0.4 is 11.1 Å². The summed E-state index contributed by atoms with van der Waals surface area (Å²) < 4.78 is 0. The number of nitrogens with zero attached hydrogens (tertiary/aromatic N) is 1. The second kappa shape index (κ2) is 6.79. The number of thiocarbonyl (C=S) groups is 1. The molecule has 0 fully saturated rings. The van der Waals surface area contributed by atoms with Gasteiger partial charge in [-0.2, -0.15) is 0 Å². The summed E-state index contributed by atoms with van der Waals surface area (Å²) in [6, 6.07) is 5.58. The molecule has 0 unspecified atom stereocenters. The lowest BCUT2D eigenvalue weighted by Gasteiger charge is -2.12. The van der Waals surface area contributed by atoms with E-state index in [2.05, 4.69) is 24.3 Å². The van der Waals surface area contributed by atoms with Gasteiger partial charge in [0.25, 0.3) is 0 Å². The first kappa shape index (κ1) is 14.2. The molecule has 0 radical (unpaired) electrons. The molecule has 0 aliphatic carbocycles. The van der Waals surface area contributed by atoms with Gasteiger partial charge in [-0.25, -0.2) is 0 Å². The zero-order valence-electron chi connectivity index (χ0n) is 10.2. The highest BCUT2D eigenvalue weighted by atomic mass is 35.5. The molecule has 0 bridgehead atoms. The van der Waals surface area contributed by atoms with Gasteiger partial charge in [-0.1, -0.05) is 23.8 Å². The number of anilines is 1. The molecule has 0 saturated heterocycles. The van der Waals surface area contributed by atoms with E-state index in [1.807, 2.05) is 12.1 Å². The standard InChI is InChI=1S/C12H18ClN3S/c1-16(2)7-3-6-15-11-5-4-9(12(14)17)8-10(11)13/h4-5,8,15H,3,6-7H2,1-2H3,(H2,14,17). The predicted molar refractivity (Wildman–Crippen MR) is 79.0 cm³/mol. The van der Waals surface area contributed by atoms with Crippen LogP contribution in [0.3, 0.4) is 0 Å². The maximum absolute atomic E-state index is 6.13. The highest BCUT2D eigenvalue weighted by Crippen LogP contribution is 2.22. The number of benzene rings is 1. The molecule has 0 aromatic heterocycles. The van der Waals surface area contributed by atoms with Gasteiger partial charge in [0.1, 0.15) is 4.99 Å². The zero-order valence-corrected chi connectivity index (χ0v) is 11.7. The predicted octanol–water partition coefficient (Wildman–Crippen LogP) is 2.34. The van der Waals surface area contributed by atoms with Crippen LogP contribution in [0, 0.1) is 0 Å². The monoisotopic (exact) mass is 271 g/mol. The quantitative estimate of drug-likeness (QED) is 0.616. The molecular formula is C12H18ClN3S. The van der Waals surface area contributed by atoms with Crippen LogP contribution in [0.1, 0.15) is 12.0 Å². The van der Waals surface area contributed by atoms with Crippen molar-refractivity contribution in [2.45, 2.75) is 6.42 Å². The molecule has 0 aliphatic heterocycles. The van der Waals surface area contributed by atoms with Gasteiger partial charge >= 0.3 is 0 Å². The Morgan fingerprint density at radius 2 is 2.18 bits per heavy atom. The number of halogens is 1. The van der Waals surface area contributed by atoms with Crippen LogP contribution in [0.4, 0.5) is 5.69 Å². The van der Waals surface area contributed by atoms with E-state index in [0.29, 0.717) is 10.0 Å². The molecule has 0 atom stereocenters. The van der Waals surface area contributed by atoms with Crippen molar-refractivity contribution in [3.05, 3.63) is 28.8 Å². The largest absolute Gasteiger partial charge is 0.389 e. The number of hydrogen-bond acceptors (Lipinski definition) is 3. The Balaban J connectivity index is 2.52. The summed E-state index contributed by atoms with van der Waals surface area (Å²) in [6.07, 6.45) is 1.07. The number of nitrogens with two attached hydrogens (primary N) is 1. The van der Waals surface area contributed by atoms with Crippen LogP contribution in [0.2, 0.25) is 5.02 Å². The Kier molecular flexibility index (Phi) is 5.68. The van der Waals surface area contributed by atoms with Crippen LogP contribution in [0.25, 0.3) is 0 Å². The second-order valence-corrected chi connectivity index (χ2v) is 4.99. The summed E-state index contributed by atoms with van der Waals surface area (Å²) in [6.45, 7) is 1.94. The third kappa shape index (κ3) is 4.89. The van der Waals surface area contributed by atoms with E-state index in [4.69, 9.17) is 29.6 Å². The minimum atomic E-state index is 0.367. The molecule has 0 amide bonds. The van der Waals surface area contributed by atoms with Crippen molar-refractivity contribution >= 4 is 34.5 Å². The first-order valence-electron chi connectivity index (χ1n) is 5.48. The Morgan fingerprint density at radius 1 is 1.47 bits per heavy atom. The van der Waals surface area contributed by atoms with Gasteiger partial charge in [-0.05, 0) is 45.3 Å². The van der Waals surface area contributed by atoms with Crippen molar-refractivity contribution in [2.75, 3.05) is 32.5 Å². The third-order valence-electron chi connectivity index (χ3n) is 2.35. The lowest BCUT2D eigenvalue weighted by Crippen LogP contribution is -2.16. The highest BCUT2D eigenvalue weighted by molar-refractivity contribution is 7.80. The molecule has 17 heavy (non-hydrogen) atoms. The summed E-state index contributed by atoms with van der Waals surface area (Å²) in [5, 5.41) is 3.94. The molecular weight excluding hydrogens is 254 g/mol. The van der Waals surface area contributed by atoms with E-state index in [0.717, 1.165) is 30.8 Å². The normalized spacial score (nSPS) is 10.6. The fourth-order valence-electron chi connectivity index (χ4n) is 1.43. The second-order valence-electron chi connectivity index (χ2n) is 4.14. The number of rotatable bonds is 6. The molecule has 5 heteroatoms. The average Bonchev–Trinajstić information content (AvgIpc) is 2.25. The van der Waals surface area contributed by atoms with Gasteiger partial charge < -0.3 is 16.0 Å². The van der Waals surface area contributed by atoms with Crippen LogP contribution >= 0.6 is 23.8 Å². The SMILES string of the molecule is CN(C)CCCNc1ccc(C(N)=S)cc1Cl. The van der Waals surface area contributed by atoms with Gasteiger partial charge in [0.15, 0.2) is 0 Å². The van der Waals surface area contributed by atoms with Gasteiger partial charge in [0.2, 0.25) is 0 Å². The Hall–Kier alpha value is -0.840. The first-order valence-corrected chi connectivity index (χ1v) is 6.27. The molecule has 0 heterocycles. The van der Waals surface area contributed by atoms with E-state index in [-0.39, 0.29) is 0 Å². The minimum Gasteiger partial charge on any atom is -0.389 e. The fourth-order valence-corrected chi connectivity index (χ4v) is 1.80. The van der Waals surface area contributed by atoms with Crippen LogP contribution in [0.5, 0.6) is 0 Å². The van der Waals surface area contributed by atoms with E-state index in [9.17, 15) is 0 Å². The fraction of sp³-hybridized carbons (Fsp3) is 0.417. The lowest BCUT2D eigenvalue weighted by molar-refractivity contribution is 0.405. The smallest absolute Gasteiger partial charge is 0.104 e. The van der Waals surface area contributed by atoms with Crippen molar-refractivity contribution in [1.29, 1.82) is 0 Å². The summed E-state index contributed by atoms with van der Waals surface area (Å²) >= 11 is 11.0. The van der Waals surface area contributed by atoms with Crippen molar-refractivity contribution in [3.8, 4) is 0 Å². The van der Waals surface area contributed by atoms with E-state index < -0.39 is 0 Å². The van der Waals surface area contributed by atoms with Crippen molar-refractivity contribution in [2.24, 2.45) is 5.73 Å². The highest BCUT2D eigenvalue weighted by Gasteiger charge is 2.03. The molecule has 94 valence electrons. The van der Waals surface area contributed by atoms with Crippen LogP contribution in [0.15, 0.2) is 18.2 Å². The van der Waals surface area contributed by atoms with Crippen molar-refractivity contribution in [1.82, 2.24) is 4.90 Å². The molecule has 1 rings (SSSR count). The lowest BCUT2D eigenvalue weighted by atomic mass is 10.2. The van der Waals surface area contributed by atoms with E-state index in [1.54, 1.807) is 6.07 Å². The molecule has 3 N–H and O–H groups in total.